The standard InChI is InChI=1S/C15H20N6O3/c1-7-6-11(10(13(17)23)4-5-12(16)22)21(20-7)15-18-9(3)8(2)14(24)19-15/h6,10H,4-5H2,1-3H3,(H2,16,22)(H2,17,23)(H,18,19,24). The number of nitrogens with one attached hydrogen (secondary N) is 1. The molecule has 0 aromatic carbocycles. The first-order valence-corrected chi connectivity index (χ1v) is 7.42. The summed E-state index contributed by atoms with van der Waals surface area (Å²) < 4.78 is 1.37. The Kier molecular flexibility index (Phi) is 4.82. The second-order valence-electron chi connectivity index (χ2n) is 5.68. The predicted octanol–water partition coefficient (Wildman–Crippen LogP) is -0.285. The summed E-state index contributed by atoms with van der Waals surface area (Å²) in [5, 5.41) is 4.28. The van der Waals surface area contributed by atoms with Gasteiger partial charge in [-0.2, -0.15) is 5.10 Å². The molecule has 9 nitrogen and oxygen atoms in total. The third kappa shape index (κ3) is 3.50. The molecular weight excluding hydrogens is 312 g/mol. The Labute approximate surface area is 138 Å². The molecule has 0 radical (unpaired) electrons. The second-order valence-corrected chi connectivity index (χ2v) is 5.68. The lowest BCUT2D eigenvalue weighted by molar-refractivity contribution is -0.120. The second kappa shape index (κ2) is 6.65. The highest BCUT2D eigenvalue weighted by atomic mass is 16.1. The number of aromatic amines is 1. The van der Waals surface area contributed by atoms with Gasteiger partial charge in [-0.05, 0) is 33.3 Å². The topological polar surface area (TPSA) is 150 Å². The van der Waals surface area contributed by atoms with Crippen molar-refractivity contribution in [2.45, 2.75) is 39.5 Å². The van der Waals surface area contributed by atoms with E-state index in [9.17, 15) is 14.4 Å². The van der Waals surface area contributed by atoms with Crippen molar-refractivity contribution in [2.24, 2.45) is 11.5 Å². The van der Waals surface area contributed by atoms with Crippen LogP contribution in [0.1, 0.15) is 41.4 Å². The van der Waals surface area contributed by atoms with Crippen LogP contribution in [-0.4, -0.2) is 31.6 Å². The van der Waals surface area contributed by atoms with Crippen molar-refractivity contribution in [3.8, 4) is 5.95 Å². The SMILES string of the molecule is Cc1cc(C(CCC(N)=O)C(N)=O)n(-c2nc(C)c(C)c(=O)[nH]2)n1. The van der Waals surface area contributed by atoms with Gasteiger partial charge in [-0.1, -0.05) is 0 Å². The molecule has 1 atom stereocenters. The van der Waals surface area contributed by atoms with E-state index in [1.807, 2.05) is 0 Å². The fraction of sp³-hybridized carbons (Fsp3) is 0.400. The number of hydrogen-bond donors (Lipinski definition) is 3. The number of aromatic nitrogens is 4. The van der Waals surface area contributed by atoms with Crippen LogP contribution < -0.4 is 17.0 Å². The molecule has 9 heteroatoms. The van der Waals surface area contributed by atoms with Gasteiger partial charge >= 0.3 is 0 Å². The number of H-pyrrole nitrogens is 1. The molecule has 24 heavy (non-hydrogen) atoms. The van der Waals surface area contributed by atoms with Crippen LogP contribution in [-0.2, 0) is 9.59 Å². The number of rotatable bonds is 6. The molecule has 0 saturated carbocycles. The molecule has 0 aliphatic rings. The van der Waals surface area contributed by atoms with Crippen LogP contribution in [0.3, 0.4) is 0 Å². The van der Waals surface area contributed by atoms with Crippen LogP contribution in [0, 0.1) is 20.8 Å². The summed E-state index contributed by atoms with van der Waals surface area (Å²) in [6.45, 7) is 5.12. The molecule has 2 amide bonds. The van der Waals surface area contributed by atoms with Gasteiger partial charge < -0.3 is 11.5 Å². The summed E-state index contributed by atoms with van der Waals surface area (Å²) in [6.07, 6.45) is 0.166. The van der Waals surface area contributed by atoms with E-state index >= 15 is 0 Å². The number of nitrogens with zero attached hydrogens (tertiary/aromatic N) is 3. The van der Waals surface area contributed by atoms with Crippen LogP contribution >= 0.6 is 0 Å². The molecule has 0 aliphatic heterocycles. The number of carbonyl (C=O) groups is 2. The Bertz CT molecular complexity index is 851. The monoisotopic (exact) mass is 332 g/mol. The Morgan fingerprint density at radius 2 is 1.96 bits per heavy atom. The summed E-state index contributed by atoms with van der Waals surface area (Å²) in [6, 6.07) is 1.67. The first-order valence-electron chi connectivity index (χ1n) is 7.42. The van der Waals surface area contributed by atoms with Gasteiger partial charge in [0.25, 0.3) is 5.56 Å². The quantitative estimate of drug-likeness (QED) is 0.664. The molecule has 0 spiro atoms. The van der Waals surface area contributed by atoms with Gasteiger partial charge in [0, 0.05) is 17.7 Å². The van der Waals surface area contributed by atoms with E-state index in [0.717, 1.165) is 0 Å². The Balaban J connectivity index is 2.55. The summed E-state index contributed by atoms with van der Waals surface area (Å²) in [4.78, 5) is 41.8. The van der Waals surface area contributed by atoms with Gasteiger partial charge in [0.2, 0.25) is 17.8 Å². The molecule has 1 unspecified atom stereocenters. The Morgan fingerprint density at radius 1 is 1.29 bits per heavy atom. The zero-order chi connectivity index (χ0) is 18.0. The van der Waals surface area contributed by atoms with E-state index in [0.29, 0.717) is 22.6 Å². The minimum Gasteiger partial charge on any atom is -0.370 e. The summed E-state index contributed by atoms with van der Waals surface area (Å²) in [7, 11) is 0. The average molecular weight is 332 g/mol. The number of nitrogens with two attached hydrogens (primary N) is 2. The molecule has 2 aromatic rings. The predicted molar refractivity (Wildman–Crippen MR) is 86.6 cm³/mol. The van der Waals surface area contributed by atoms with Crippen LogP contribution in [0.2, 0.25) is 0 Å². The smallest absolute Gasteiger partial charge is 0.255 e. The van der Waals surface area contributed by atoms with Gasteiger partial charge in [0.05, 0.1) is 17.3 Å². The van der Waals surface area contributed by atoms with E-state index < -0.39 is 17.7 Å². The van der Waals surface area contributed by atoms with Crippen LogP contribution in [0.25, 0.3) is 5.95 Å². The number of aryl methyl sites for hydroxylation is 2. The first-order chi connectivity index (χ1) is 11.2. The highest BCUT2D eigenvalue weighted by Crippen LogP contribution is 2.23. The number of carbonyl (C=O) groups excluding carboxylic acids is 2. The minimum absolute atomic E-state index is 0.00864. The third-order valence-electron chi connectivity index (χ3n) is 3.82. The van der Waals surface area contributed by atoms with Gasteiger partial charge in [-0.3, -0.25) is 19.4 Å². The van der Waals surface area contributed by atoms with Crippen molar-refractivity contribution in [3.63, 3.8) is 0 Å². The lowest BCUT2D eigenvalue weighted by atomic mass is 9.98. The maximum Gasteiger partial charge on any atom is 0.255 e. The number of hydrogen-bond acceptors (Lipinski definition) is 5. The lowest BCUT2D eigenvalue weighted by Gasteiger charge is -2.14. The zero-order valence-electron chi connectivity index (χ0n) is 13.8. The Hall–Kier alpha value is -2.97. The van der Waals surface area contributed by atoms with E-state index in [4.69, 9.17) is 11.5 Å². The average Bonchev–Trinajstić information content (AvgIpc) is 2.85. The maximum absolute atomic E-state index is 12.0. The lowest BCUT2D eigenvalue weighted by Crippen LogP contribution is -2.27. The molecular formula is C15H20N6O3. The fourth-order valence-corrected chi connectivity index (χ4v) is 2.39. The van der Waals surface area contributed by atoms with E-state index in [1.54, 1.807) is 26.8 Å². The summed E-state index contributed by atoms with van der Waals surface area (Å²) in [5.74, 6) is -1.72. The summed E-state index contributed by atoms with van der Waals surface area (Å²) in [5.41, 5.74) is 12.5. The van der Waals surface area contributed by atoms with E-state index in [-0.39, 0.29) is 24.3 Å². The largest absolute Gasteiger partial charge is 0.370 e. The molecule has 2 heterocycles. The van der Waals surface area contributed by atoms with Crippen molar-refractivity contribution in [1.82, 2.24) is 19.7 Å². The molecule has 0 saturated heterocycles. The highest BCUT2D eigenvalue weighted by molar-refractivity contribution is 5.82. The number of amides is 2. The normalized spacial score (nSPS) is 12.1. The maximum atomic E-state index is 12.0. The van der Waals surface area contributed by atoms with Gasteiger partial charge in [-0.15, -0.1) is 0 Å². The van der Waals surface area contributed by atoms with Crippen molar-refractivity contribution in [3.05, 3.63) is 39.1 Å². The molecule has 2 rings (SSSR count). The number of primary amides is 2. The van der Waals surface area contributed by atoms with Crippen molar-refractivity contribution in [1.29, 1.82) is 0 Å². The highest BCUT2D eigenvalue weighted by Gasteiger charge is 2.25. The zero-order valence-corrected chi connectivity index (χ0v) is 13.8. The fourth-order valence-electron chi connectivity index (χ4n) is 2.39. The molecule has 2 aromatic heterocycles. The Morgan fingerprint density at radius 3 is 2.50 bits per heavy atom. The van der Waals surface area contributed by atoms with Gasteiger partial charge in [0.1, 0.15) is 0 Å². The van der Waals surface area contributed by atoms with Crippen LogP contribution in [0.15, 0.2) is 10.9 Å². The van der Waals surface area contributed by atoms with E-state index in [2.05, 4.69) is 15.1 Å². The minimum atomic E-state index is -0.773. The molecule has 128 valence electrons. The molecule has 0 fully saturated rings. The van der Waals surface area contributed by atoms with Gasteiger partial charge in [-0.25, -0.2) is 9.67 Å². The molecule has 0 aliphatic carbocycles. The first kappa shape index (κ1) is 17.4. The van der Waals surface area contributed by atoms with Crippen molar-refractivity contribution < 1.29 is 9.59 Å². The van der Waals surface area contributed by atoms with Crippen LogP contribution in [0.5, 0.6) is 0 Å². The summed E-state index contributed by atoms with van der Waals surface area (Å²) >= 11 is 0. The van der Waals surface area contributed by atoms with Crippen molar-refractivity contribution >= 4 is 11.8 Å². The molecule has 0 bridgehead atoms. The third-order valence-corrected chi connectivity index (χ3v) is 3.82. The van der Waals surface area contributed by atoms with Gasteiger partial charge in [0.15, 0.2) is 0 Å². The van der Waals surface area contributed by atoms with Crippen LogP contribution in [0.4, 0.5) is 0 Å². The van der Waals surface area contributed by atoms with Crippen molar-refractivity contribution in [2.75, 3.05) is 0 Å². The van der Waals surface area contributed by atoms with E-state index in [1.165, 1.54) is 4.68 Å². The molecule has 5 N–H and O–H groups in total.